The molecule has 1 heterocycles. The first kappa shape index (κ1) is 24.4. The molecule has 0 aliphatic heterocycles. The van der Waals surface area contributed by atoms with Crippen LogP contribution >= 0.6 is 11.6 Å². The van der Waals surface area contributed by atoms with E-state index < -0.39 is 17.6 Å². The van der Waals surface area contributed by atoms with E-state index in [1.165, 1.54) is 18.2 Å². The third-order valence-electron chi connectivity index (χ3n) is 5.17. The summed E-state index contributed by atoms with van der Waals surface area (Å²) in [6, 6.07) is 13.8. The molecule has 8 heteroatoms. The van der Waals surface area contributed by atoms with E-state index in [4.69, 9.17) is 16.3 Å². The molecular weight excluding hydrogens is 447 g/mol. The molecule has 2 aromatic carbocycles. The molecule has 0 atom stereocenters. The van der Waals surface area contributed by atoms with Crippen molar-refractivity contribution in [3.8, 4) is 5.75 Å². The van der Waals surface area contributed by atoms with E-state index in [1.807, 2.05) is 0 Å². The number of ether oxygens (including phenoxy) is 1. The topological polar surface area (TPSA) is 62.2 Å². The van der Waals surface area contributed by atoms with Crippen molar-refractivity contribution in [1.29, 1.82) is 0 Å². The second kappa shape index (κ2) is 10.6. The minimum Gasteiger partial charge on any atom is -0.543 e. The van der Waals surface area contributed by atoms with Crippen LogP contribution in [0.3, 0.4) is 0 Å². The zero-order valence-corrected chi connectivity index (χ0v) is 20.1. The van der Waals surface area contributed by atoms with E-state index in [-0.39, 0.29) is 47.4 Å². The Hall–Kier alpha value is -2.25. The molecule has 4 nitrogen and oxygen atoms in total. The van der Waals surface area contributed by atoms with Crippen molar-refractivity contribution in [3.63, 3.8) is 0 Å². The van der Waals surface area contributed by atoms with Gasteiger partial charge in [-0.05, 0) is 66.8 Å². The van der Waals surface area contributed by atoms with Gasteiger partial charge in [-0.3, -0.25) is 0 Å². The van der Waals surface area contributed by atoms with Gasteiger partial charge in [0.05, 0.1) is 17.4 Å². The van der Waals surface area contributed by atoms with Crippen molar-refractivity contribution < 1.29 is 53.0 Å². The summed E-state index contributed by atoms with van der Waals surface area (Å²) in [6.07, 6.45) is 2.28. The Kier molecular flexibility index (Phi) is 8.06. The molecule has 0 amide bonds. The molecule has 0 spiro atoms. The fraction of sp³-hybridized carbons (Fsp3) is 0.167. The predicted octanol–water partition coefficient (Wildman–Crippen LogP) is 2.05. The average molecular weight is 464 g/mol. The summed E-state index contributed by atoms with van der Waals surface area (Å²) in [7, 11) is 0. The number of aromatic nitrogens is 1. The molecule has 0 saturated heterocycles. The number of pyridine rings is 1. The van der Waals surface area contributed by atoms with Crippen LogP contribution in [0.2, 0.25) is 5.02 Å². The minimum atomic E-state index is -1.34. The van der Waals surface area contributed by atoms with E-state index in [0.29, 0.717) is 22.9 Å². The molecule has 4 rings (SSSR count). The summed E-state index contributed by atoms with van der Waals surface area (Å²) >= 11 is 6.23. The van der Waals surface area contributed by atoms with Crippen LogP contribution in [0.1, 0.15) is 46.6 Å². The van der Waals surface area contributed by atoms with Gasteiger partial charge < -0.3 is 14.6 Å². The first-order valence-corrected chi connectivity index (χ1v) is 10.1. The molecule has 0 radical (unpaired) electrons. The average Bonchev–Trinajstić information content (AvgIpc) is 3.25. The number of halogens is 3. The van der Waals surface area contributed by atoms with Crippen LogP contribution in [0.15, 0.2) is 54.6 Å². The molecule has 1 aliphatic carbocycles. The monoisotopic (exact) mass is 463 g/mol. The van der Waals surface area contributed by atoms with Crippen LogP contribution in [0.4, 0.5) is 8.78 Å². The number of aromatic carboxylic acids is 1. The molecule has 0 N–H and O–H groups in total. The number of rotatable bonds is 6. The second-order valence-corrected chi connectivity index (χ2v) is 7.58. The number of allylic oxidation sites excluding steroid dienone is 2. The number of carboxylic acid groups (broad SMARTS) is 1. The molecule has 32 heavy (non-hydrogen) atoms. The zero-order valence-electron chi connectivity index (χ0n) is 17.3. The largest absolute Gasteiger partial charge is 1.00 e. The Morgan fingerprint density at radius 3 is 2.59 bits per heavy atom. The summed E-state index contributed by atoms with van der Waals surface area (Å²) in [4.78, 5) is 15.4. The van der Waals surface area contributed by atoms with Crippen LogP contribution in [-0.2, 0) is 6.61 Å². The predicted molar refractivity (Wildman–Crippen MR) is 111 cm³/mol. The summed E-state index contributed by atoms with van der Waals surface area (Å²) < 4.78 is 33.4. The maximum Gasteiger partial charge on any atom is 1.00 e. The molecule has 1 aromatic heterocycles. The number of carbonyl (C=O) groups is 1. The van der Waals surface area contributed by atoms with Gasteiger partial charge in [0.15, 0.2) is 11.6 Å². The number of carboxylic acids is 1. The van der Waals surface area contributed by atoms with Crippen molar-refractivity contribution in [1.82, 2.24) is 4.98 Å². The molecule has 158 valence electrons. The van der Waals surface area contributed by atoms with E-state index in [0.717, 1.165) is 35.6 Å². The van der Waals surface area contributed by atoms with E-state index in [2.05, 4.69) is 4.98 Å². The fourth-order valence-electron chi connectivity index (χ4n) is 3.72. The van der Waals surface area contributed by atoms with Gasteiger partial charge in [0.2, 0.25) is 0 Å². The molecule has 3 aromatic rings. The Morgan fingerprint density at radius 1 is 1.06 bits per heavy atom. The van der Waals surface area contributed by atoms with E-state index in [9.17, 15) is 18.7 Å². The van der Waals surface area contributed by atoms with Crippen molar-refractivity contribution in [3.05, 3.63) is 93.8 Å². The maximum absolute atomic E-state index is 14.0. The molecule has 0 unspecified atom stereocenters. The van der Waals surface area contributed by atoms with Crippen LogP contribution in [0, 0.1) is 11.6 Å². The SMILES string of the molecule is O=C([O-])c1cccc(C2=C(c3cc(Cl)ccc3OCc3cccc(F)c3F)CCC2)n1.[Na+]. The van der Waals surface area contributed by atoms with Gasteiger partial charge in [-0.1, -0.05) is 29.8 Å². The zero-order chi connectivity index (χ0) is 22.0. The summed E-state index contributed by atoms with van der Waals surface area (Å²) in [6.45, 7) is -0.154. The standard InChI is InChI=1S/C24H18ClF2NO3.Na/c25-15-10-11-22(31-13-14-4-1-7-19(26)23(14)27)18(12-15)16-5-2-6-17(16)20-8-3-9-21(28-20)24(29)30;/h1,3-4,7-12H,2,5-6,13H2,(H,29,30);/q;+1/p-1. The van der Waals surface area contributed by atoms with E-state index in [1.54, 1.807) is 30.3 Å². The molecule has 1 aliphatic rings. The van der Waals surface area contributed by atoms with Crippen LogP contribution in [-0.4, -0.2) is 11.0 Å². The van der Waals surface area contributed by atoms with E-state index >= 15 is 0 Å². The normalized spacial score (nSPS) is 13.1. The molecule has 0 bridgehead atoms. The Morgan fingerprint density at radius 2 is 1.81 bits per heavy atom. The Labute approximate surface area is 211 Å². The van der Waals surface area contributed by atoms with Gasteiger partial charge in [-0.25, -0.2) is 13.8 Å². The third-order valence-corrected chi connectivity index (χ3v) is 5.40. The number of nitrogens with zero attached hydrogens (tertiary/aromatic N) is 1. The van der Waals surface area contributed by atoms with Crippen molar-refractivity contribution in [2.75, 3.05) is 0 Å². The number of hydrogen-bond acceptors (Lipinski definition) is 4. The van der Waals surface area contributed by atoms with Gasteiger partial charge in [0.1, 0.15) is 12.4 Å². The Bertz CT molecular complexity index is 1200. The molecular formula is C24H17ClF2NNaO3. The fourth-order valence-corrected chi connectivity index (χ4v) is 3.89. The summed E-state index contributed by atoms with van der Waals surface area (Å²) in [5.41, 5.74) is 3.06. The van der Waals surface area contributed by atoms with Gasteiger partial charge in [-0.2, -0.15) is 0 Å². The summed E-state index contributed by atoms with van der Waals surface area (Å²) in [5.74, 6) is -2.75. The van der Waals surface area contributed by atoms with Gasteiger partial charge >= 0.3 is 29.6 Å². The van der Waals surface area contributed by atoms with Crippen molar-refractivity contribution in [2.45, 2.75) is 25.9 Å². The Balaban J connectivity index is 0.00000289. The third kappa shape index (κ3) is 5.21. The number of carbonyl (C=O) groups excluding carboxylic acids is 1. The summed E-state index contributed by atoms with van der Waals surface area (Å²) in [5, 5.41) is 11.7. The first-order chi connectivity index (χ1) is 14.9. The van der Waals surface area contributed by atoms with Crippen molar-refractivity contribution in [2.24, 2.45) is 0 Å². The van der Waals surface area contributed by atoms with Gasteiger partial charge in [-0.15, -0.1) is 0 Å². The minimum absolute atomic E-state index is 0. The quantitative estimate of drug-likeness (QED) is 0.525. The second-order valence-electron chi connectivity index (χ2n) is 7.15. The smallest absolute Gasteiger partial charge is 0.543 e. The molecule has 0 saturated carbocycles. The van der Waals surface area contributed by atoms with Crippen LogP contribution < -0.4 is 39.4 Å². The number of benzene rings is 2. The maximum atomic E-state index is 14.0. The number of hydrogen-bond donors (Lipinski definition) is 0. The van der Waals surface area contributed by atoms with Crippen molar-refractivity contribution >= 4 is 28.7 Å². The van der Waals surface area contributed by atoms with Gasteiger partial charge in [0.25, 0.3) is 0 Å². The molecule has 0 fully saturated rings. The van der Waals surface area contributed by atoms with Gasteiger partial charge in [0, 0.05) is 16.1 Å². The van der Waals surface area contributed by atoms with Crippen LogP contribution in [0.5, 0.6) is 5.75 Å². The first-order valence-electron chi connectivity index (χ1n) is 9.70. The van der Waals surface area contributed by atoms with Crippen LogP contribution in [0.25, 0.3) is 11.1 Å².